The van der Waals surface area contributed by atoms with E-state index in [0.717, 1.165) is 32.4 Å². The number of hydrogen-bond donors (Lipinski definition) is 2. The molecule has 2 aromatic rings. The normalized spacial score (nSPS) is 11.6. The van der Waals surface area contributed by atoms with Gasteiger partial charge < -0.3 is 15.0 Å². The lowest BCUT2D eigenvalue weighted by Crippen LogP contribution is -2.21. The lowest BCUT2D eigenvalue weighted by Gasteiger charge is -2.09. The zero-order valence-electron chi connectivity index (χ0n) is 12.6. The molecule has 0 bridgehead atoms. The lowest BCUT2D eigenvalue weighted by atomic mass is 10.1. The van der Waals surface area contributed by atoms with Crippen LogP contribution in [0.25, 0.3) is 10.9 Å². The Morgan fingerprint density at radius 1 is 1.15 bits per heavy atom. The maximum Gasteiger partial charge on any atom is 0.0480 e. The van der Waals surface area contributed by atoms with Crippen LogP contribution in [-0.2, 0) is 13.1 Å². The fourth-order valence-electron chi connectivity index (χ4n) is 2.45. The summed E-state index contributed by atoms with van der Waals surface area (Å²) in [6, 6.07) is 9.41. The maximum absolute atomic E-state index is 8.80. The van der Waals surface area contributed by atoms with E-state index in [2.05, 4.69) is 54.2 Å². The molecule has 3 nitrogen and oxygen atoms in total. The third-order valence-corrected chi connectivity index (χ3v) is 3.61. The van der Waals surface area contributed by atoms with E-state index >= 15 is 0 Å². The summed E-state index contributed by atoms with van der Waals surface area (Å²) < 4.78 is 2.31. The van der Waals surface area contributed by atoms with Crippen molar-refractivity contribution in [2.45, 2.75) is 52.2 Å². The van der Waals surface area contributed by atoms with Crippen LogP contribution in [0.1, 0.15) is 38.7 Å². The van der Waals surface area contributed by atoms with Crippen molar-refractivity contribution in [3.8, 4) is 0 Å². The van der Waals surface area contributed by atoms with Crippen molar-refractivity contribution in [2.75, 3.05) is 6.61 Å². The first-order valence-corrected chi connectivity index (χ1v) is 7.62. The molecule has 1 aromatic carbocycles. The highest BCUT2D eigenvalue weighted by Crippen LogP contribution is 2.18. The number of aromatic nitrogens is 1. The quantitative estimate of drug-likeness (QED) is 0.725. The van der Waals surface area contributed by atoms with Crippen molar-refractivity contribution in [1.29, 1.82) is 0 Å². The van der Waals surface area contributed by atoms with Crippen LogP contribution in [0.15, 0.2) is 30.5 Å². The van der Waals surface area contributed by atoms with Crippen LogP contribution in [0.4, 0.5) is 0 Å². The van der Waals surface area contributed by atoms with Crippen LogP contribution in [0.5, 0.6) is 0 Å². The SMILES string of the molecule is CC(C)NCc1ccc2c(ccn2CCCCCO)c1. The molecule has 0 saturated carbocycles. The zero-order chi connectivity index (χ0) is 14.4. The molecular formula is C17H26N2O. The second-order valence-electron chi connectivity index (χ2n) is 5.72. The number of aryl methyl sites for hydroxylation is 1. The fraction of sp³-hybridized carbons (Fsp3) is 0.529. The molecule has 2 N–H and O–H groups in total. The molecule has 3 heteroatoms. The predicted molar refractivity (Wildman–Crippen MR) is 84.9 cm³/mol. The molecule has 0 radical (unpaired) electrons. The Bertz CT molecular complexity index is 531. The van der Waals surface area contributed by atoms with Gasteiger partial charge in [-0.2, -0.15) is 0 Å². The molecule has 0 aliphatic carbocycles. The van der Waals surface area contributed by atoms with E-state index in [-0.39, 0.29) is 0 Å². The van der Waals surface area contributed by atoms with Gasteiger partial charge in [-0.15, -0.1) is 0 Å². The van der Waals surface area contributed by atoms with Gasteiger partial charge in [0, 0.05) is 37.5 Å². The fourth-order valence-corrected chi connectivity index (χ4v) is 2.45. The van der Waals surface area contributed by atoms with E-state index in [1.165, 1.54) is 16.5 Å². The molecule has 110 valence electrons. The standard InChI is InChI=1S/C17H26N2O/c1-14(2)18-13-15-6-7-17-16(12-15)8-10-19(17)9-4-3-5-11-20/h6-8,10,12,14,18,20H,3-5,9,11,13H2,1-2H3. The highest BCUT2D eigenvalue weighted by atomic mass is 16.2. The minimum atomic E-state index is 0.304. The molecule has 1 aromatic heterocycles. The first-order valence-electron chi connectivity index (χ1n) is 7.62. The van der Waals surface area contributed by atoms with Crippen molar-refractivity contribution >= 4 is 10.9 Å². The van der Waals surface area contributed by atoms with Crippen LogP contribution in [0.2, 0.25) is 0 Å². The summed E-state index contributed by atoms with van der Waals surface area (Å²) >= 11 is 0. The van der Waals surface area contributed by atoms with E-state index < -0.39 is 0 Å². The summed E-state index contributed by atoms with van der Waals surface area (Å²) in [5.41, 5.74) is 2.64. The molecule has 0 aliphatic rings. The summed E-state index contributed by atoms with van der Waals surface area (Å²) in [7, 11) is 0. The monoisotopic (exact) mass is 274 g/mol. The molecule has 20 heavy (non-hydrogen) atoms. The molecular weight excluding hydrogens is 248 g/mol. The van der Waals surface area contributed by atoms with E-state index in [1.807, 2.05) is 0 Å². The van der Waals surface area contributed by atoms with Crippen molar-refractivity contribution < 1.29 is 5.11 Å². The van der Waals surface area contributed by atoms with Gasteiger partial charge in [0.25, 0.3) is 0 Å². The molecule has 0 fully saturated rings. The van der Waals surface area contributed by atoms with Crippen molar-refractivity contribution in [3.05, 3.63) is 36.0 Å². The van der Waals surface area contributed by atoms with Crippen LogP contribution in [0, 0.1) is 0 Å². The summed E-state index contributed by atoms with van der Waals surface area (Å²) in [4.78, 5) is 0. The van der Waals surface area contributed by atoms with Crippen molar-refractivity contribution in [3.63, 3.8) is 0 Å². The highest BCUT2D eigenvalue weighted by Gasteiger charge is 2.03. The number of hydrogen-bond acceptors (Lipinski definition) is 2. The van der Waals surface area contributed by atoms with E-state index in [9.17, 15) is 0 Å². The molecule has 0 aliphatic heterocycles. The number of nitrogens with zero attached hydrogens (tertiary/aromatic N) is 1. The summed E-state index contributed by atoms with van der Waals surface area (Å²) in [6.45, 7) is 6.60. The largest absolute Gasteiger partial charge is 0.396 e. The summed E-state index contributed by atoms with van der Waals surface area (Å²) in [6.07, 6.45) is 5.29. The maximum atomic E-state index is 8.80. The topological polar surface area (TPSA) is 37.2 Å². The van der Waals surface area contributed by atoms with Gasteiger partial charge in [-0.1, -0.05) is 19.9 Å². The van der Waals surface area contributed by atoms with Crippen molar-refractivity contribution in [2.24, 2.45) is 0 Å². The summed E-state index contributed by atoms with van der Waals surface area (Å²) in [5.74, 6) is 0. The highest BCUT2D eigenvalue weighted by molar-refractivity contribution is 5.80. The number of rotatable bonds is 8. The minimum absolute atomic E-state index is 0.304. The number of fused-ring (bicyclic) bond motifs is 1. The van der Waals surface area contributed by atoms with Gasteiger partial charge in [0.05, 0.1) is 0 Å². The Morgan fingerprint density at radius 2 is 2.00 bits per heavy atom. The smallest absolute Gasteiger partial charge is 0.0480 e. The van der Waals surface area contributed by atoms with Gasteiger partial charge in [0.2, 0.25) is 0 Å². The van der Waals surface area contributed by atoms with E-state index in [0.29, 0.717) is 12.6 Å². The number of nitrogens with one attached hydrogen (secondary N) is 1. The Morgan fingerprint density at radius 3 is 2.75 bits per heavy atom. The molecule has 0 atom stereocenters. The minimum Gasteiger partial charge on any atom is -0.396 e. The van der Waals surface area contributed by atoms with Crippen LogP contribution in [-0.4, -0.2) is 22.3 Å². The average Bonchev–Trinajstić information content (AvgIpc) is 2.84. The van der Waals surface area contributed by atoms with E-state index in [4.69, 9.17) is 5.11 Å². The molecule has 2 rings (SSSR count). The first-order chi connectivity index (χ1) is 9.70. The van der Waals surface area contributed by atoms with Gasteiger partial charge in [0.1, 0.15) is 0 Å². The number of benzene rings is 1. The summed E-state index contributed by atoms with van der Waals surface area (Å²) in [5, 5.41) is 13.6. The molecule has 0 unspecified atom stereocenters. The first kappa shape index (κ1) is 15.1. The van der Waals surface area contributed by atoms with Gasteiger partial charge in [-0.25, -0.2) is 0 Å². The van der Waals surface area contributed by atoms with Gasteiger partial charge >= 0.3 is 0 Å². The number of unbranched alkanes of at least 4 members (excludes halogenated alkanes) is 2. The van der Waals surface area contributed by atoms with Gasteiger partial charge in [-0.3, -0.25) is 0 Å². The lowest BCUT2D eigenvalue weighted by molar-refractivity contribution is 0.282. The Labute approximate surface area is 121 Å². The Hall–Kier alpha value is -1.32. The van der Waals surface area contributed by atoms with Crippen LogP contribution >= 0.6 is 0 Å². The van der Waals surface area contributed by atoms with Crippen LogP contribution < -0.4 is 5.32 Å². The molecule has 1 heterocycles. The number of aliphatic hydroxyl groups excluding tert-OH is 1. The zero-order valence-corrected chi connectivity index (χ0v) is 12.6. The predicted octanol–water partition coefficient (Wildman–Crippen LogP) is 3.30. The molecule has 0 spiro atoms. The van der Waals surface area contributed by atoms with E-state index in [1.54, 1.807) is 0 Å². The molecule has 0 saturated heterocycles. The molecule has 0 amide bonds. The second-order valence-corrected chi connectivity index (χ2v) is 5.72. The second kappa shape index (κ2) is 7.46. The Kier molecular flexibility index (Phi) is 5.62. The van der Waals surface area contributed by atoms with Gasteiger partial charge in [-0.05, 0) is 48.4 Å². The Balaban J connectivity index is 2.00. The third-order valence-electron chi connectivity index (χ3n) is 3.61. The van der Waals surface area contributed by atoms with Crippen molar-refractivity contribution in [1.82, 2.24) is 9.88 Å². The van der Waals surface area contributed by atoms with Crippen LogP contribution in [0.3, 0.4) is 0 Å². The third kappa shape index (κ3) is 4.09. The number of aliphatic hydroxyl groups is 1. The average molecular weight is 274 g/mol. The van der Waals surface area contributed by atoms with Gasteiger partial charge in [0.15, 0.2) is 0 Å².